The van der Waals surface area contributed by atoms with Crippen LogP contribution in [0.5, 0.6) is 0 Å². The van der Waals surface area contributed by atoms with Gasteiger partial charge in [-0.05, 0) is 63.0 Å². The van der Waals surface area contributed by atoms with Crippen molar-refractivity contribution in [1.29, 1.82) is 0 Å². The van der Waals surface area contributed by atoms with E-state index in [1.165, 1.54) is 12.1 Å². The number of benzene rings is 1. The number of aryl methyl sites for hydroxylation is 1. The van der Waals surface area contributed by atoms with Gasteiger partial charge in [0, 0.05) is 11.6 Å². The lowest BCUT2D eigenvalue weighted by molar-refractivity contribution is -0.141. The third-order valence-corrected chi connectivity index (χ3v) is 5.92. The van der Waals surface area contributed by atoms with Crippen molar-refractivity contribution in [1.82, 2.24) is 10.2 Å². The summed E-state index contributed by atoms with van der Waals surface area (Å²) in [6, 6.07) is 2.72. The Labute approximate surface area is 173 Å². The van der Waals surface area contributed by atoms with E-state index in [2.05, 4.69) is 5.32 Å². The molecule has 8 nitrogen and oxygen atoms in total. The molecule has 0 spiro atoms. The van der Waals surface area contributed by atoms with Crippen LogP contribution in [0.25, 0.3) is 0 Å². The topological polar surface area (TPSA) is 122 Å². The number of likely N-dealkylation sites (tertiary alicyclic amines) is 1. The van der Waals surface area contributed by atoms with Gasteiger partial charge in [-0.15, -0.1) is 0 Å². The number of sulfonamides is 1. The standard InChI is InChI=1S/C18H25F3N4O4S/c1-11-7-14(30(22,28)29)8-15(12(11)2)24-16(26)9-25-5-3-13(4-6-25)17(27)23-10-18(19,20)21/h7-8,13H,3-6,9-10H2,1-2H3,(H,23,27)(H,24,26)(H2,22,28,29). The average molecular weight is 450 g/mol. The lowest BCUT2D eigenvalue weighted by atomic mass is 9.96. The van der Waals surface area contributed by atoms with Gasteiger partial charge in [-0.2, -0.15) is 13.2 Å². The number of nitrogens with two attached hydrogens (primary N) is 1. The van der Waals surface area contributed by atoms with Gasteiger partial charge < -0.3 is 10.6 Å². The highest BCUT2D eigenvalue weighted by molar-refractivity contribution is 7.89. The monoisotopic (exact) mass is 450 g/mol. The molecule has 0 unspecified atom stereocenters. The van der Waals surface area contributed by atoms with Crippen LogP contribution in [0, 0.1) is 19.8 Å². The molecule has 30 heavy (non-hydrogen) atoms. The van der Waals surface area contributed by atoms with E-state index < -0.39 is 34.6 Å². The zero-order valence-corrected chi connectivity index (χ0v) is 17.5. The second-order valence-electron chi connectivity index (χ2n) is 7.39. The van der Waals surface area contributed by atoms with Crippen molar-refractivity contribution in [2.24, 2.45) is 11.1 Å². The van der Waals surface area contributed by atoms with Crippen LogP contribution in [0.1, 0.15) is 24.0 Å². The number of rotatable bonds is 6. The van der Waals surface area contributed by atoms with E-state index in [0.717, 1.165) is 0 Å². The summed E-state index contributed by atoms with van der Waals surface area (Å²) in [5, 5.41) is 9.73. The fourth-order valence-electron chi connectivity index (χ4n) is 3.20. The summed E-state index contributed by atoms with van der Waals surface area (Å²) in [5.74, 6) is -1.53. The first-order valence-electron chi connectivity index (χ1n) is 9.27. The minimum atomic E-state index is -4.45. The first-order chi connectivity index (χ1) is 13.8. The summed E-state index contributed by atoms with van der Waals surface area (Å²) < 4.78 is 59.8. The third kappa shape index (κ3) is 6.96. The summed E-state index contributed by atoms with van der Waals surface area (Å²) in [5.41, 5.74) is 1.70. The molecule has 1 saturated heterocycles. The summed E-state index contributed by atoms with van der Waals surface area (Å²) >= 11 is 0. The number of hydrogen-bond donors (Lipinski definition) is 3. The first kappa shape index (κ1) is 24.1. The highest BCUT2D eigenvalue weighted by Crippen LogP contribution is 2.24. The van der Waals surface area contributed by atoms with Gasteiger partial charge in [-0.3, -0.25) is 14.5 Å². The van der Waals surface area contributed by atoms with Crippen LogP contribution in [0.3, 0.4) is 0 Å². The second-order valence-corrected chi connectivity index (χ2v) is 8.95. The molecule has 168 valence electrons. The Hall–Kier alpha value is -2.18. The highest BCUT2D eigenvalue weighted by atomic mass is 32.2. The van der Waals surface area contributed by atoms with E-state index in [9.17, 15) is 31.2 Å². The van der Waals surface area contributed by atoms with Crippen molar-refractivity contribution < 1.29 is 31.2 Å². The minimum absolute atomic E-state index is 0.00891. The van der Waals surface area contributed by atoms with E-state index in [1.807, 2.05) is 5.32 Å². The third-order valence-electron chi connectivity index (χ3n) is 5.03. The number of carbonyl (C=O) groups is 2. The molecule has 0 saturated carbocycles. The van der Waals surface area contributed by atoms with E-state index in [1.54, 1.807) is 18.7 Å². The molecule has 1 heterocycles. The molecule has 0 aromatic heterocycles. The molecule has 1 aromatic carbocycles. The Kier molecular flexibility index (Phi) is 7.48. The fraction of sp³-hybridized carbons (Fsp3) is 0.556. The number of hydrogen-bond acceptors (Lipinski definition) is 5. The maximum atomic E-state index is 12.4. The molecular weight excluding hydrogens is 425 g/mol. The van der Waals surface area contributed by atoms with Crippen LogP contribution >= 0.6 is 0 Å². The average Bonchev–Trinajstić information content (AvgIpc) is 2.62. The van der Waals surface area contributed by atoms with Crippen LogP contribution in [0.2, 0.25) is 0 Å². The molecule has 1 aliphatic rings. The van der Waals surface area contributed by atoms with E-state index in [-0.39, 0.29) is 17.3 Å². The van der Waals surface area contributed by atoms with Crippen LogP contribution in [-0.4, -0.2) is 57.5 Å². The number of alkyl halides is 3. The summed E-state index contributed by atoms with van der Waals surface area (Å²) in [6.45, 7) is 2.86. The molecule has 2 rings (SSSR count). The zero-order chi connectivity index (χ0) is 22.7. The van der Waals surface area contributed by atoms with Gasteiger partial charge in [0.2, 0.25) is 21.8 Å². The molecule has 12 heteroatoms. The molecule has 0 bridgehead atoms. The molecule has 2 amide bonds. The summed E-state index contributed by atoms with van der Waals surface area (Å²) in [6.07, 6.45) is -3.77. The zero-order valence-electron chi connectivity index (χ0n) is 16.7. The smallest absolute Gasteiger partial charge is 0.347 e. The minimum Gasteiger partial charge on any atom is -0.347 e. The van der Waals surface area contributed by atoms with Crippen molar-refractivity contribution in [2.45, 2.75) is 37.8 Å². The molecule has 4 N–H and O–H groups in total. The normalized spacial score (nSPS) is 16.3. The number of nitrogens with one attached hydrogen (secondary N) is 2. The van der Waals surface area contributed by atoms with Gasteiger partial charge in [0.1, 0.15) is 6.54 Å². The van der Waals surface area contributed by atoms with Crippen molar-refractivity contribution >= 4 is 27.5 Å². The second kappa shape index (κ2) is 9.31. The van der Waals surface area contributed by atoms with Gasteiger partial charge >= 0.3 is 6.18 Å². The van der Waals surface area contributed by atoms with Gasteiger partial charge in [0.15, 0.2) is 0 Å². The van der Waals surface area contributed by atoms with E-state index in [0.29, 0.717) is 42.7 Å². The Bertz CT molecular complexity index is 911. The number of primary sulfonamides is 1. The van der Waals surface area contributed by atoms with Crippen molar-refractivity contribution in [3.63, 3.8) is 0 Å². The number of nitrogens with zero attached hydrogens (tertiary/aromatic N) is 1. The van der Waals surface area contributed by atoms with Crippen LogP contribution in [0.4, 0.5) is 18.9 Å². The van der Waals surface area contributed by atoms with Crippen LogP contribution < -0.4 is 15.8 Å². The highest BCUT2D eigenvalue weighted by Gasteiger charge is 2.31. The molecule has 1 aliphatic heterocycles. The van der Waals surface area contributed by atoms with Crippen molar-refractivity contribution in [2.75, 3.05) is 31.5 Å². The Balaban J connectivity index is 1.90. The van der Waals surface area contributed by atoms with Gasteiger partial charge in [-0.25, -0.2) is 13.6 Å². The number of piperidine rings is 1. The molecule has 0 aliphatic carbocycles. The Morgan fingerprint density at radius 2 is 1.80 bits per heavy atom. The van der Waals surface area contributed by atoms with Crippen LogP contribution in [-0.2, 0) is 19.6 Å². The number of carbonyl (C=O) groups excluding carboxylic acids is 2. The Morgan fingerprint density at radius 1 is 1.20 bits per heavy atom. The number of halogens is 3. The predicted octanol–water partition coefficient (Wildman–Crippen LogP) is 1.28. The largest absolute Gasteiger partial charge is 0.405 e. The maximum Gasteiger partial charge on any atom is 0.405 e. The first-order valence-corrected chi connectivity index (χ1v) is 10.8. The van der Waals surface area contributed by atoms with Crippen molar-refractivity contribution in [3.8, 4) is 0 Å². The molecule has 1 fully saturated rings. The quantitative estimate of drug-likeness (QED) is 0.603. The van der Waals surface area contributed by atoms with E-state index in [4.69, 9.17) is 5.14 Å². The van der Waals surface area contributed by atoms with Crippen molar-refractivity contribution in [3.05, 3.63) is 23.3 Å². The van der Waals surface area contributed by atoms with E-state index >= 15 is 0 Å². The SMILES string of the molecule is Cc1cc(S(N)(=O)=O)cc(NC(=O)CN2CCC(C(=O)NCC(F)(F)F)CC2)c1C. The predicted molar refractivity (Wildman–Crippen MR) is 104 cm³/mol. The molecule has 1 aromatic rings. The maximum absolute atomic E-state index is 12.4. The molecular formula is C18H25F3N4O4S. The molecule has 0 radical (unpaired) electrons. The molecule has 0 atom stereocenters. The summed E-state index contributed by atoms with van der Waals surface area (Å²) in [7, 11) is -3.93. The number of anilines is 1. The lowest BCUT2D eigenvalue weighted by Crippen LogP contribution is -2.44. The Morgan fingerprint density at radius 3 is 2.33 bits per heavy atom. The summed E-state index contributed by atoms with van der Waals surface area (Å²) in [4.78, 5) is 25.9. The van der Waals surface area contributed by atoms with Gasteiger partial charge in [-0.1, -0.05) is 0 Å². The fourth-order valence-corrected chi connectivity index (χ4v) is 3.82. The van der Waals surface area contributed by atoms with Gasteiger partial charge in [0.25, 0.3) is 0 Å². The van der Waals surface area contributed by atoms with Gasteiger partial charge in [0.05, 0.1) is 11.4 Å². The van der Waals surface area contributed by atoms with Crippen LogP contribution in [0.15, 0.2) is 17.0 Å². The number of amides is 2. The lowest BCUT2D eigenvalue weighted by Gasteiger charge is -2.30.